The van der Waals surface area contributed by atoms with Crippen molar-refractivity contribution in [2.24, 2.45) is 0 Å². The second-order valence-electron chi connectivity index (χ2n) is 5.03. The molecule has 0 bridgehead atoms. The van der Waals surface area contributed by atoms with Crippen molar-refractivity contribution in [3.8, 4) is 12.3 Å². The Morgan fingerprint density at radius 3 is 2.86 bits per heavy atom. The van der Waals surface area contributed by atoms with Crippen LogP contribution in [0.3, 0.4) is 0 Å². The molecule has 2 aromatic heterocycles. The summed E-state index contributed by atoms with van der Waals surface area (Å²) in [5.74, 6) is 2.99. The Kier molecular flexibility index (Phi) is 3.50. The molecule has 0 spiro atoms. The molecule has 8 nitrogen and oxygen atoms in total. The lowest BCUT2D eigenvalue weighted by atomic mass is 9.92. The summed E-state index contributed by atoms with van der Waals surface area (Å²) in [5, 5.41) is 36.7. The molecule has 22 heavy (non-hydrogen) atoms. The minimum absolute atomic E-state index is 0.381. The molecule has 1 aliphatic heterocycles. The van der Waals surface area contributed by atoms with Crippen LogP contribution < -0.4 is 5.32 Å². The molecule has 0 aromatic carbocycles. The van der Waals surface area contributed by atoms with Gasteiger partial charge in [-0.05, 0) is 12.1 Å². The Balaban J connectivity index is 2.19. The van der Waals surface area contributed by atoms with Crippen LogP contribution in [-0.4, -0.2) is 61.9 Å². The van der Waals surface area contributed by atoms with Gasteiger partial charge in [-0.3, -0.25) is 0 Å². The van der Waals surface area contributed by atoms with Gasteiger partial charge in [-0.15, -0.1) is 6.42 Å². The standard InChI is InChI=1S/C14H16N4O4/c1-3-14(12(21)11(20)9(6-19)22-14)10-5-4-8-13(15-2)16-7-17-18(8)10/h1,4-5,7,9,11-12,19-21H,6H2,2H3,(H,15,16,17)/t9-,11-,12-,14+/m1/s1. The van der Waals surface area contributed by atoms with E-state index in [2.05, 4.69) is 21.3 Å². The third kappa shape index (κ3) is 1.81. The van der Waals surface area contributed by atoms with Crippen LogP contribution in [0.5, 0.6) is 0 Å². The van der Waals surface area contributed by atoms with E-state index in [1.807, 2.05) is 0 Å². The van der Waals surface area contributed by atoms with Crippen LogP contribution in [0.15, 0.2) is 18.5 Å². The number of hydrogen-bond donors (Lipinski definition) is 4. The molecule has 4 atom stereocenters. The van der Waals surface area contributed by atoms with Gasteiger partial charge in [-0.2, -0.15) is 5.10 Å². The molecule has 1 fully saturated rings. The first kappa shape index (κ1) is 14.7. The van der Waals surface area contributed by atoms with E-state index in [-0.39, 0.29) is 0 Å². The highest BCUT2D eigenvalue weighted by molar-refractivity contribution is 5.68. The quantitative estimate of drug-likeness (QED) is 0.522. The number of fused-ring (bicyclic) bond motifs is 1. The van der Waals surface area contributed by atoms with Gasteiger partial charge in [0.1, 0.15) is 30.2 Å². The van der Waals surface area contributed by atoms with E-state index in [4.69, 9.17) is 11.2 Å². The normalized spacial score (nSPS) is 31.3. The molecule has 1 saturated heterocycles. The topological polar surface area (TPSA) is 112 Å². The Morgan fingerprint density at radius 2 is 2.27 bits per heavy atom. The fourth-order valence-corrected chi connectivity index (χ4v) is 2.78. The SMILES string of the molecule is C#C[C@@]1(c2ccc3c(NC)ncnn23)O[C@H](CO)[C@@H](O)[C@H]1O. The number of rotatable bonds is 3. The Labute approximate surface area is 126 Å². The zero-order valence-electron chi connectivity index (χ0n) is 11.8. The van der Waals surface area contributed by atoms with Crippen LogP contribution in [0.1, 0.15) is 5.69 Å². The number of anilines is 1. The van der Waals surface area contributed by atoms with Gasteiger partial charge in [0, 0.05) is 7.05 Å². The van der Waals surface area contributed by atoms with Gasteiger partial charge in [0.25, 0.3) is 0 Å². The summed E-state index contributed by atoms with van der Waals surface area (Å²) in [5.41, 5.74) is -0.572. The predicted octanol–water partition coefficient (Wildman–Crippen LogP) is -1.29. The van der Waals surface area contributed by atoms with E-state index >= 15 is 0 Å². The summed E-state index contributed by atoms with van der Waals surface area (Å²) in [4.78, 5) is 4.09. The molecule has 0 amide bonds. The first-order valence-corrected chi connectivity index (χ1v) is 6.72. The van der Waals surface area contributed by atoms with Crippen molar-refractivity contribution in [1.82, 2.24) is 14.6 Å². The first-order valence-electron chi connectivity index (χ1n) is 6.72. The van der Waals surface area contributed by atoms with Gasteiger partial charge in [0.15, 0.2) is 11.4 Å². The van der Waals surface area contributed by atoms with Gasteiger partial charge >= 0.3 is 0 Å². The number of ether oxygens (including phenoxy) is 1. The number of aliphatic hydroxyl groups excluding tert-OH is 3. The van der Waals surface area contributed by atoms with Crippen molar-refractivity contribution in [2.75, 3.05) is 19.0 Å². The highest BCUT2D eigenvalue weighted by Gasteiger charge is 2.55. The Bertz CT molecular complexity index is 740. The zero-order valence-corrected chi connectivity index (χ0v) is 11.8. The molecule has 0 saturated carbocycles. The first-order chi connectivity index (χ1) is 10.6. The van der Waals surface area contributed by atoms with Gasteiger partial charge < -0.3 is 25.4 Å². The maximum Gasteiger partial charge on any atom is 0.199 e. The molecule has 0 aliphatic carbocycles. The second kappa shape index (κ2) is 5.23. The molecule has 1 aliphatic rings. The lowest BCUT2D eigenvalue weighted by Gasteiger charge is -2.26. The number of aromatic nitrogens is 3. The minimum Gasteiger partial charge on any atom is -0.394 e. The van der Waals surface area contributed by atoms with E-state index in [9.17, 15) is 15.3 Å². The van der Waals surface area contributed by atoms with E-state index in [0.717, 1.165) is 0 Å². The van der Waals surface area contributed by atoms with Crippen LogP contribution in [0.4, 0.5) is 5.82 Å². The second-order valence-corrected chi connectivity index (χ2v) is 5.03. The highest BCUT2D eigenvalue weighted by Crippen LogP contribution is 2.40. The molecule has 4 N–H and O–H groups in total. The number of nitrogens with one attached hydrogen (secondary N) is 1. The van der Waals surface area contributed by atoms with Crippen molar-refractivity contribution in [3.63, 3.8) is 0 Å². The molecule has 0 radical (unpaired) electrons. The summed E-state index contributed by atoms with van der Waals surface area (Å²) >= 11 is 0. The average molecular weight is 304 g/mol. The van der Waals surface area contributed by atoms with Crippen molar-refractivity contribution >= 4 is 11.3 Å². The third-order valence-corrected chi connectivity index (χ3v) is 3.92. The van der Waals surface area contributed by atoms with E-state index in [0.29, 0.717) is 17.0 Å². The fourth-order valence-electron chi connectivity index (χ4n) is 2.78. The summed E-state index contributed by atoms with van der Waals surface area (Å²) in [6, 6.07) is 3.38. The van der Waals surface area contributed by atoms with Crippen molar-refractivity contribution in [2.45, 2.75) is 23.9 Å². The monoisotopic (exact) mass is 304 g/mol. The molecule has 116 valence electrons. The number of terminal acetylenes is 1. The minimum atomic E-state index is -1.60. The van der Waals surface area contributed by atoms with Gasteiger partial charge in [-0.25, -0.2) is 9.50 Å². The van der Waals surface area contributed by atoms with Gasteiger partial charge in [0.05, 0.1) is 12.3 Å². The fraction of sp³-hybridized carbons (Fsp3) is 0.429. The zero-order chi connectivity index (χ0) is 15.9. The molecule has 2 aromatic rings. The van der Waals surface area contributed by atoms with E-state index in [1.54, 1.807) is 19.2 Å². The van der Waals surface area contributed by atoms with Crippen molar-refractivity contribution in [1.29, 1.82) is 0 Å². The Hall–Kier alpha value is -2.18. The lowest BCUT2D eigenvalue weighted by molar-refractivity contribution is -0.0629. The lowest BCUT2D eigenvalue weighted by Crippen LogP contribution is -2.40. The summed E-state index contributed by atoms with van der Waals surface area (Å²) in [6.45, 7) is -0.457. The smallest absolute Gasteiger partial charge is 0.199 e. The van der Waals surface area contributed by atoms with Gasteiger partial charge in [-0.1, -0.05) is 5.92 Å². The number of nitrogens with zero attached hydrogens (tertiary/aromatic N) is 3. The van der Waals surface area contributed by atoms with E-state index < -0.39 is 30.5 Å². The van der Waals surface area contributed by atoms with Crippen molar-refractivity contribution in [3.05, 3.63) is 24.2 Å². The summed E-state index contributed by atoms with van der Waals surface area (Å²) in [7, 11) is 1.72. The van der Waals surface area contributed by atoms with Crippen LogP contribution in [0, 0.1) is 12.3 Å². The van der Waals surface area contributed by atoms with Crippen LogP contribution >= 0.6 is 0 Å². The van der Waals surface area contributed by atoms with E-state index in [1.165, 1.54) is 10.8 Å². The maximum atomic E-state index is 10.4. The van der Waals surface area contributed by atoms with Crippen LogP contribution in [0.25, 0.3) is 5.52 Å². The number of aliphatic hydroxyl groups is 3. The molecular formula is C14H16N4O4. The predicted molar refractivity (Wildman–Crippen MR) is 77.0 cm³/mol. The van der Waals surface area contributed by atoms with Gasteiger partial charge in [0.2, 0.25) is 0 Å². The highest BCUT2D eigenvalue weighted by atomic mass is 16.6. The third-order valence-electron chi connectivity index (χ3n) is 3.92. The number of hydrogen-bond acceptors (Lipinski definition) is 7. The largest absolute Gasteiger partial charge is 0.394 e. The van der Waals surface area contributed by atoms with Crippen LogP contribution in [-0.2, 0) is 10.3 Å². The Morgan fingerprint density at radius 1 is 1.50 bits per heavy atom. The average Bonchev–Trinajstić information content (AvgIpc) is 3.09. The van der Waals surface area contributed by atoms with Crippen molar-refractivity contribution < 1.29 is 20.1 Å². The summed E-state index contributed by atoms with van der Waals surface area (Å²) < 4.78 is 7.10. The summed E-state index contributed by atoms with van der Waals surface area (Å²) in [6.07, 6.45) is 3.28. The molecule has 0 unspecified atom stereocenters. The molecule has 3 rings (SSSR count). The van der Waals surface area contributed by atoms with Crippen LogP contribution in [0.2, 0.25) is 0 Å². The molecule has 3 heterocycles. The maximum absolute atomic E-state index is 10.4. The molecular weight excluding hydrogens is 288 g/mol. The molecule has 8 heteroatoms.